The maximum absolute atomic E-state index is 13.4. The highest BCUT2D eigenvalue weighted by Crippen LogP contribution is 2.29. The number of halogens is 2. The highest BCUT2D eigenvalue weighted by atomic mass is 19.1. The molecular weight excluding hydrogens is 298 g/mol. The Labute approximate surface area is 133 Å². The number of rotatable bonds is 3. The Morgan fingerprint density at radius 2 is 1.87 bits per heavy atom. The van der Waals surface area contributed by atoms with Crippen molar-refractivity contribution >= 4 is 11.6 Å². The molecule has 0 bridgehead atoms. The molecule has 0 aliphatic carbocycles. The van der Waals surface area contributed by atoms with E-state index in [2.05, 4.69) is 5.32 Å². The second-order valence-corrected chi connectivity index (χ2v) is 5.79. The molecule has 1 aliphatic rings. The molecule has 1 N–H and O–H groups in total. The van der Waals surface area contributed by atoms with Crippen molar-refractivity contribution in [2.75, 3.05) is 18.4 Å². The summed E-state index contributed by atoms with van der Waals surface area (Å²) in [4.78, 5) is 14.2. The molecule has 1 amide bonds. The second-order valence-electron chi connectivity index (χ2n) is 5.79. The van der Waals surface area contributed by atoms with Gasteiger partial charge in [0.2, 0.25) is 5.91 Å². The summed E-state index contributed by atoms with van der Waals surface area (Å²) in [5.41, 5.74) is 2.63. The number of anilines is 1. The molecular formula is C18H18F2N2O. The van der Waals surface area contributed by atoms with E-state index < -0.39 is 0 Å². The third-order valence-corrected chi connectivity index (χ3v) is 4.25. The van der Waals surface area contributed by atoms with E-state index in [0.29, 0.717) is 5.69 Å². The minimum absolute atomic E-state index is 0.0200. The topological polar surface area (TPSA) is 32.3 Å². The molecule has 1 aliphatic heterocycles. The average molecular weight is 316 g/mol. The number of nitrogens with zero attached hydrogens (tertiary/aromatic N) is 1. The molecule has 0 saturated heterocycles. The number of amides is 1. The molecule has 23 heavy (non-hydrogen) atoms. The van der Waals surface area contributed by atoms with Crippen LogP contribution in [0.5, 0.6) is 0 Å². The summed E-state index contributed by atoms with van der Waals surface area (Å²) in [7, 11) is 0. The predicted octanol–water partition coefficient (Wildman–Crippen LogP) is 3.52. The van der Waals surface area contributed by atoms with Gasteiger partial charge in [-0.25, -0.2) is 8.78 Å². The minimum atomic E-state index is -0.341. The highest BCUT2D eigenvalue weighted by Gasteiger charge is 2.25. The molecule has 0 saturated carbocycles. The Bertz CT molecular complexity index is 715. The fraction of sp³-hybridized carbons (Fsp3) is 0.278. The normalized spacial score (nSPS) is 17.6. The fourth-order valence-corrected chi connectivity index (χ4v) is 2.97. The molecule has 0 radical (unpaired) electrons. The number of nitrogens with one attached hydrogen (secondary N) is 1. The number of carbonyl (C=O) groups is 1. The van der Waals surface area contributed by atoms with Crippen LogP contribution in [0.3, 0.4) is 0 Å². The summed E-state index contributed by atoms with van der Waals surface area (Å²) >= 11 is 0. The van der Waals surface area contributed by atoms with Gasteiger partial charge in [-0.15, -0.1) is 0 Å². The van der Waals surface area contributed by atoms with Gasteiger partial charge in [0.25, 0.3) is 0 Å². The van der Waals surface area contributed by atoms with Crippen LogP contribution in [0.1, 0.15) is 24.1 Å². The van der Waals surface area contributed by atoms with E-state index in [9.17, 15) is 13.6 Å². The summed E-state index contributed by atoms with van der Waals surface area (Å²) in [5.74, 6) is -0.761. The van der Waals surface area contributed by atoms with Crippen molar-refractivity contribution in [3.05, 3.63) is 65.2 Å². The summed E-state index contributed by atoms with van der Waals surface area (Å²) in [6.45, 7) is 2.94. The Morgan fingerprint density at radius 1 is 1.17 bits per heavy atom. The zero-order valence-electron chi connectivity index (χ0n) is 12.9. The van der Waals surface area contributed by atoms with E-state index in [1.54, 1.807) is 6.07 Å². The smallest absolute Gasteiger partial charge is 0.238 e. The molecule has 0 aromatic heterocycles. The lowest BCUT2D eigenvalue weighted by atomic mass is 9.93. The van der Waals surface area contributed by atoms with Gasteiger partial charge < -0.3 is 5.32 Å². The Morgan fingerprint density at radius 3 is 2.61 bits per heavy atom. The zero-order chi connectivity index (χ0) is 16.4. The van der Waals surface area contributed by atoms with Crippen molar-refractivity contribution in [3.63, 3.8) is 0 Å². The average Bonchev–Trinajstić information content (AvgIpc) is 2.53. The standard InChI is InChI=1S/C18H18F2N2O/c1-12-17-10-15(20)3-2-13(17)8-9-22(12)11-18(23)21-16-6-4-14(19)5-7-16/h2-7,10,12H,8-9,11H2,1H3,(H,21,23). The monoisotopic (exact) mass is 316 g/mol. The van der Waals surface area contributed by atoms with E-state index in [-0.39, 0.29) is 30.1 Å². The molecule has 1 heterocycles. The van der Waals surface area contributed by atoms with Crippen molar-refractivity contribution in [1.82, 2.24) is 4.90 Å². The van der Waals surface area contributed by atoms with Crippen LogP contribution in [0.4, 0.5) is 14.5 Å². The van der Waals surface area contributed by atoms with Gasteiger partial charge in [-0.1, -0.05) is 6.07 Å². The quantitative estimate of drug-likeness (QED) is 0.939. The number of benzene rings is 2. The van der Waals surface area contributed by atoms with E-state index in [1.807, 2.05) is 17.9 Å². The van der Waals surface area contributed by atoms with Gasteiger partial charge in [-0.3, -0.25) is 9.69 Å². The SMILES string of the molecule is CC1c2cc(F)ccc2CCN1CC(=O)Nc1ccc(F)cc1. The van der Waals surface area contributed by atoms with Gasteiger partial charge in [0.1, 0.15) is 11.6 Å². The lowest BCUT2D eigenvalue weighted by Crippen LogP contribution is -2.39. The number of carbonyl (C=O) groups excluding carboxylic acids is 1. The maximum Gasteiger partial charge on any atom is 0.238 e. The third kappa shape index (κ3) is 3.56. The molecule has 2 aromatic rings. The first-order chi connectivity index (χ1) is 11.0. The lowest BCUT2D eigenvalue weighted by Gasteiger charge is -2.34. The van der Waals surface area contributed by atoms with Crippen LogP contribution in [-0.2, 0) is 11.2 Å². The summed E-state index contributed by atoms with van der Waals surface area (Å²) in [5, 5.41) is 2.75. The van der Waals surface area contributed by atoms with Gasteiger partial charge in [0.15, 0.2) is 0 Å². The molecule has 0 spiro atoms. The van der Waals surface area contributed by atoms with Crippen LogP contribution in [0, 0.1) is 11.6 Å². The highest BCUT2D eigenvalue weighted by molar-refractivity contribution is 5.92. The molecule has 3 rings (SSSR count). The molecule has 5 heteroatoms. The first-order valence-corrected chi connectivity index (χ1v) is 7.61. The molecule has 0 fully saturated rings. The summed E-state index contributed by atoms with van der Waals surface area (Å²) in [6, 6.07) is 10.5. The van der Waals surface area contributed by atoms with Crippen molar-refractivity contribution in [2.45, 2.75) is 19.4 Å². The zero-order valence-corrected chi connectivity index (χ0v) is 12.9. The van der Waals surface area contributed by atoms with Crippen LogP contribution >= 0.6 is 0 Å². The number of fused-ring (bicyclic) bond motifs is 1. The molecule has 3 nitrogen and oxygen atoms in total. The first-order valence-electron chi connectivity index (χ1n) is 7.61. The number of hydrogen-bond acceptors (Lipinski definition) is 2. The number of hydrogen-bond donors (Lipinski definition) is 1. The fourth-order valence-electron chi connectivity index (χ4n) is 2.97. The van der Waals surface area contributed by atoms with E-state index in [1.165, 1.54) is 30.3 Å². The Kier molecular flexibility index (Phi) is 4.39. The summed E-state index contributed by atoms with van der Waals surface area (Å²) < 4.78 is 26.3. The van der Waals surface area contributed by atoms with E-state index in [0.717, 1.165) is 24.1 Å². The predicted molar refractivity (Wildman–Crippen MR) is 85.1 cm³/mol. The van der Waals surface area contributed by atoms with E-state index >= 15 is 0 Å². The van der Waals surface area contributed by atoms with Gasteiger partial charge in [-0.05, 0) is 60.9 Å². The van der Waals surface area contributed by atoms with Crippen molar-refractivity contribution < 1.29 is 13.6 Å². The van der Waals surface area contributed by atoms with Gasteiger partial charge >= 0.3 is 0 Å². The van der Waals surface area contributed by atoms with Gasteiger partial charge in [0, 0.05) is 18.3 Å². The van der Waals surface area contributed by atoms with Crippen LogP contribution in [-0.4, -0.2) is 23.9 Å². The first kappa shape index (κ1) is 15.6. The molecule has 120 valence electrons. The van der Waals surface area contributed by atoms with Crippen molar-refractivity contribution in [3.8, 4) is 0 Å². The maximum atomic E-state index is 13.4. The van der Waals surface area contributed by atoms with Gasteiger partial charge in [0.05, 0.1) is 6.54 Å². The van der Waals surface area contributed by atoms with Crippen LogP contribution in [0.15, 0.2) is 42.5 Å². The van der Waals surface area contributed by atoms with E-state index in [4.69, 9.17) is 0 Å². The molecule has 1 atom stereocenters. The summed E-state index contributed by atoms with van der Waals surface area (Å²) in [6.07, 6.45) is 0.795. The van der Waals surface area contributed by atoms with Gasteiger partial charge in [-0.2, -0.15) is 0 Å². The van der Waals surface area contributed by atoms with Crippen molar-refractivity contribution in [2.24, 2.45) is 0 Å². The van der Waals surface area contributed by atoms with Crippen LogP contribution < -0.4 is 5.32 Å². The Balaban J connectivity index is 1.66. The van der Waals surface area contributed by atoms with Crippen LogP contribution in [0.2, 0.25) is 0 Å². The Hall–Kier alpha value is -2.27. The van der Waals surface area contributed by atoms with Crippen LogP contribution in [0.25, 0.3) is 0 Å². The third-order valence-electron chi connectivity index (χ3n) is 4.25. The van der Waals surface area contributed by atoms with Crippen molar-refractivity contribution in [1.29, 1.82) is 0 Å². The second kappa shape index (κ2) is 6.46. The molecule has 1 unspecified atom stereocenters. The largest absolute Gasteiger partial charge is 0.325 e. The lowest BCUT2D eigenvalue weighted by molar-refractivity contribution is -0.117. The minimum Gasteiger partial charge on any atom is -0.325 e. The molecule has 2 aromatic carbocycles.